The van der Waals surface area contributed by atoms with E-state index in [9.17, 15) is 13.2 Å². The highest BCUT2D eigenvalue weighted by Gasteiger charge is 2.35. The van der Waals surface area contributed by atoms with Crippen LogP contribution >= 0.6 is 0 Å². The molecule has 2 aromatic heterocycles. The van der Waals surface area contributed by atoms with Gasteiger partial charge in [-0.1, -0.05) is 0 Å². The first-order valence-electron chi connectivity index (χ1n) is 7.20. The van der Waals surface area contributed by atoms with Gasteiger partial charge in [0.15, 0.2) is 0 Å². The Morgan fingerprint density at radius 2 is 2.08 bits per heavy atom. The highest BCUT2D eigenvalue weighted by atomic mass is 19.4. The summed E-state index contributed by atoms with van der Waals surface area (Å²) in [6, 6.07) is 0. The quantitative estimate of drug-likeness (QED) is 0.839. The first-order valence-corrected chi connectivity index (χ1v) is 7.20. The van der Waals surface area contributed by atoms with Gasteiger partial charge in [-0.25, -0.2) is 4.98 Å². The molecule has 1 atom stereocenters. The van der Waals surface area contributed by atoms with Gasteiger partial charge in [0.05, 0.1) is 24.0 Å². The minimum Gasteiger partial charge on any atom is -0.380 e. The third-order valence-electron chi connectivity index (χ3n) is 3.37. The van der Waals surface area contributed by atoms with Gasteiger partial charge in [0.1, 0.15) is 11.4 Å². The number of aryl methyl sites for hydroxylation is 1. The summed E-state index contributed by atoms with van der Waals surface area (Å²) in [6.45, 7) is 4.23. The van der Waals surface area contributed by atoms with Crippen molar-refractivity contribution >= 4 is 17.5 Å². The highest BCUT2D eigenvalue weighted by molar-refractivity contribution is 5.57. The maximum atomic E-state index is 12.9. The van der Waals surface area contributed by atoms with Crippen molar-refractivity contribution < 1.29 is 17.9 Å². The van der Waals surface area contributed by atoms with Crippen molar-refractivity contribution in [3.05, 3.63) is 23.7 Å². The van der Waals surface area contributed by atoms with E-state index in [2.05, 4.69) is 25.7 Å². The Kier molecular flexibility index (Phi) is 5.27. The number of alkyl halides is 3. The number of anilines is 3. The van der Waals surface area contributed by atoms with Crippen LogP contribution in [0.25, 0.3) is 0 Å². The van der Waals surface area contributed by atoms with Gasteiger partial charge in [-0.05, 0) is 13.8 Å². The van der Waals surface area contributed by atoms with Crippen molar-refractivity contribution in [1.29, 1.82) is 0 Å². The smallest absolute Gasteiger partial charge is 0.380 e. The molecule has 2 rings (SSSR count). The Morgan fingerprint density at radius 3 is 2.67 bits per heavy atom. The zero-order chi connectivity index (χ0) is 17.9. The number of hydrogen-bond donors (Lipinski definition) is 2. The lowest BCUT2D eigenvalue weighted by molar-refractivity contribution is -0.137. The summed E-state index contributed by atoms with van der Waals surface area (Å²) < 4.78 is 45.4. The molecule has 0 bridgehead atoms. The highest BCUT2D eigenvalue weighted by Crippen LogP contribution is 2.33. The van der Waals surface area contributed by atoms with Crippen molar-refractivity contribution in [3.8, 4) is 0 Å². The summed E-state index contributed by atoms with van der Waals surface area (Å²) >= 11 is 0. The van der Waals surface area contributed by atoms with Crippen molar-refractivity contribution in [1.82, 2.24) is 19.7 Å². The number of nitrogens with one attached hydrogen (secondary N) is 2. The molecular formula is C14H19F3N6O. The molecule has 0 amide bonds. The molecule has 132 valence electrons. The predicted octanol–water partition coefficient (Wildman–Crippen LogP) is 2.82. The average Bonchev–Trinajstić information content (AvgIpc) is 2.85. The molecule has 2 aromatic rings. The van der Waals surface area contributed by atoms with E-state index in [1.54, 1.807) is 24.9 Å². The molecule has 2 heterocycles. The molecule has 2 N–H and O–H groups in total. The van der Waals surface area contributed by atoms with Crippen LogP contribution in [0.15, 0.2) is 12.4 Å². The van der Waals surface area contributed by atoms with E-state index in [-0.39, 0.29) is 17.9 Å². The number of methoxy groups -OCH3 is 1. The predicted molar refractivity (Wildman–Crippen MR) is 83.3 cm³/mol. The van der Waals surface area contributed by atoms with Gasteiger partial charge in [-0.3, -0.25) is 4.68 Å². The molecule has 0 aliphatic rings. The normalized spacial score (nSPS) is 13.0. The Hall–Kier alpha value is -2.36. The largest absolute Gasteiger partial charge is 0.421 e. The van der Waals surface area contributed by atoms with Gasteiger partial charge >= 0.3 is 6.18 Å². The minimum atomic E-state index is -4.52. The Labute approximate surface area is 137 Å². The van der Waals surface area contributed by atoms with Crippen LogP contribution in [0, 0.1) is 6.92 Å². The molecule has 0 saturated heterocycles. The van der Waals surface area contributed by atoms with Crippen LogP contribution in [-0.2, 0) is 17.5 Å². The second-order valence-electron chi connectivity index (χ2n) is 5.23. The van der Waals surface area contributed by atoms with Crippen molar-refractivity contribution in [2.75, 3.05) is 24.8 Å². The van der Waals surface area contributed by atoms with Crippen LogP contribution in [0.4, 0.5) is 30.6 Å². The summed E-state index contributed by atoms with van der Waals surface area (Å²) in [5.74, 6) is -0.243. The van der Waals surface area contributed by atoms with Gasteiger partial charge in [0, 0.05) is 26.6 Å². The average molecular weight is 344 g/mol. The van der Waals surface area contributed by atoms with E-state index in [4.69, 9.17) is 4.74 Å². The van der Waals surface area contributed by atoms with Crippen LogP contribution in [0.1, 0.15) is 18.2 Å². The Morgan fingerprint density at radius 1 is 1.38 bits per heavy atom. The second kappa shape index (κ2) is 7.04. The van der Waals surface area contributed by atoms with E-state index in [0.717, 1.165) is 6.20 Å². The van der Waals surface area contributed by atoms with E-state index in [1.807, 2.05) is 6.92 Å². The first-order chi connectivity index (χ1) is 11.2. The maximum absolute atomic E-state index is 12.9. The number of aromatic nitrogens is 4. The summed E-state index contributed by atoms with van der Waals surface area (Å²) in [5, 5.41) is 9.63. The molecule has 0 saturated carbocycles. The van der Waals surface area contributed by atoms with Crippen molar-refractivity contribution in [2.24, 2.45) is 0 Å². The molecule has 0 spiro atoms. The zero-order valence-corrected chi connectivity index (χ0v) is 13.8. The number of halogens is 3. The van der Waals surface area contributed by atoms with Gasteiger partial charge < -0.3 is 15.4 Å². The van der Waals surface area contributed by atoms with Crippen LogP contribution in [0.5, 0.6) is 0 Å². The van der Waals surface area contributed by atoms with E-state index in [1.165, 1.54) is 7.05 Å². The second-order valence-corrected chi connectivity index (χ2v) is 5.23. The topological polar surface area (TPSA) is 76.9 Å². The van der Waals surface area contributed by atoms with Crippen molar-refractivity contribution in [3.63, 3.8) is 0 Å². The summed E-state index contributed by atoms with van der Waals surface area (Å²) in [5.41, 5.74) is 0.366. The third kappa shape index (κ3) is 4.13. The molecule has 7 nitrogen and oxygen atoms in total. The van der Waals surface area contributed by atoms with Crippen LogP contribution in [-0.4, -0.2) is 40.0 Å². The Bertz CT molecular complexity index is 700. The van der Waals surface area contributed by atoms with Crippen LogP contribution < -0.4 is 10.6 Å². The van der Waals surface area contributed by atoms with Gasteiger partial charge in [0.25, 0.3) is 0 Å². The standard InChI is InChI=1S/C14H19F3N6O/c1-8(24-4)6-23-7-11(9(2)22-23)20-13-19-5-10(14(15,16)17)12(18-3)21-13/h5,7-8H,6H2,1-4H3,(H2,18,19,20,21). The third-order valence-corrected chi connectivity index (χ3v) is 3.37. The molecule has 0 aliphatic carbocycles. The zero-order valence-electron chi connectivity index (χ0n) is 13.8. The lowest BCUT2D eigenvalue weighted by Crippen LogP contribution is -2.15. The van der Waals surface area contributed by atoms with E-state index < -0.39 is 11.7 Å². The maximum Gasteiger partial charge on any atom is 0.421 e. The minimum absolute atomic E-state index is 0.0182. The lowest BCUT2D eigenvalue weighted by atomic mass is 10.3. The summed E-state index contributed by atoms with van der Waals surface area (Å²) in [4.78, 5) is 7.60. The van der Waals surface area contributed by atoms with E-state index >= 15 is 0 Å². The number of ether oxygens (including phenoxy) is 1. The van der Waals surface area contributed by atoms with Crippen molar-refractivity contribution in [2.45, 2.75) is 32.7 Å². The van der Waals surface area contributed by atoms with Gasteiger partial charge in [-0.2, -0.15) is 23.3 Å². The first kappa shape index (κ1) is 18.0. The number of nitrogens with zero attached hydrogens (tertiary/aromatic N) is 4. The summed E-state index contributed by atoms with van der Waals surface area (Å²) in [7, 11) is 2.98. The molecule has 24 heavy (non-hydrogen) atoms. The SMILES string of the molecule is CNc1nc(Nc2cn(CC(C)OC)nc2C)ncc1C(F)(F)F. The number of rotatable bonds is 6. The molecule has 1 unspecified atom stereocenters. The molecule has 0 aliphatic heterocycles. The van der Waals surface area contributed by atoms with Crippen LogP contribution in [0.3, 0.4) is 0 Å². The molecule has 0 fully saturated rings. The van der Waals surface area contributed by atoms with Crippen LogP contribution in [0.2, 0.25) is 0 Å². The fourth-order valence-corrected chi connectivity index (χ4v) is 2.03. The molecule has 0 radical (unpaired) electrons. The Balaban J connectivity index is 2.22. The van der Waals surface area contributed by atoms with Gasteiger partial charge in [-0.15, -0.1) is 0 Å². The van der Waals surface area contributed by atoms with E-state index in [0.29, 0.717) is 17.9 Å². The molecule has 10 heteroatoms. The molecule has 0 aromatic carbocycles. The van der Waals surface area contributed by atoms with Gasteiger partial charge in [0.2, 0.25) is 5.95 Å². The fourth-order valence-electron chi connectivity index (χ4n) is 2.03. The molecular weight excluding hydrogens is 325 g/mol. The summed E-state index contributed by atoms with van der Waals surface area (Å²) in [6.07, 6.45) is -2.07. The number of hydrogen-bond acceptors (Lipinski definition) is 6. The monoisotopic (exact) mass is 344 g/mol. The fraction of sp³-hybridized carbons (Fsp3) is 0.500. The lowest BCUT2D eigenvalue weighted by Gasteiger charge is -2.12.